The first kappa shape index (κ1) is 10.2. The van der Waals surface area contributed by atoms with E-state index in [1.165, 1.54) is 0 Å². The van der Waals surface area contributed by atoms with Crippen molar-refractivity contribution in [1.82, 2.24) is 4.98 Å². The summed E-state index contributed by atoms with van der Waals surface area (Å²) in [7, 11) is 0. The Hall–Kier alpha value is -1.86. The van der Waals surface area contributed by atoms with Crippen molar-refractivity contribution in [3.8, 4) is 0 Å². The standard InChI is InChI=1S/C6H4F3N3O2/c7-6(8,9)5-1-3(10)4(2-11-5)12(13)14/h1-2H,(H2,10,11). The van der Waals surface area contributed by atoms with Crippen LogP contribution in [0.1, 0.15) is 5.69 Å². The SMILES string of the molecule is Nc1cc(C(F)(F)F)ncc1[N+](=O)[O-]. The third-order valence-electron chi connectivity index (χ3n) is 1.40. The molecule has 0 unspecified atom stereocenters. The zero-order valence-electron chi connectivity index (χ0n) is 6.58. The highest BCUT2D eigenvalue weighted by atomic mass is 19.4. The average molecular weight is 207 g/mol. The summed E-state index contributed by atoms with van der Waals surface area (Å²) >= 11 is 0. The second-order valence-electron chi connectivity index (χ2n) is 2.38. The predicted molar refractivity (Wildman–Crippen MR) is 40.3 cm³/mol. The number of rotatable bonds is 1. The number of aromatic nitrogens is 1. The summed E-state index contributed by atoms with van der Waals surface area (Å²) in [5.74, 6) is 0. The summed E-state index contributed by atoms with van der Waals surface area (Å²) in [4.78, 5) is 12.2. The summed E-state index contributed by atoms with van der Waals surface area (Å²) in [6.07, 6.45) is -4.17. The van der Waals surface area contributed by atoms with Gasteiger partial charge < -0.3 is 5.73 Å². The monoisotopic (exact) mass is 207 g/mol. The molecule has 0 aromatic carbocycles. The zero-order chi connectivity index (χ0) is 10.9. The number of hydrogen-bond acceptors (Lipinski definition) is 4. The molecule has 0 bridgehead atoms. The summed E-state index contributed by atoms with van der Waals surface area (Å²) in [6.45, 7) is 0. The Bertz CT molecular complexity index is 377. The van der Waals surface area contributed by atoms with Gasteiger partial charge in [0.1, 0.15) is 17.6 Å². The van der Waals surface area contributed by atoms with Crippen LogP contribution in [-0.2, 0) is 6.18 Å². The molecule has 0 fully saturated rings. The Labute approximate surface area is 75.5 Å². The van der Waals surface area contributed by atoms with Crippen molar-refractivity contribution in [3.63, 3.8) is 0 Å². The molecule has 5 nitrogen and oxygen atoms in total. The third-order valence-corrected chi connectivity index (χ3v) is 1.40. The summed E-state index contributed by atoms with van der Waals surface area (Å²) < 4.78 is 36.0. The molecule has 2 N–H and O–H groups in total. The molecule has 14 heavy (non-hydrogen) atoms. The molecule has 1 aromatic rings. The van der Waals surface area contributed by atoms with Gasteiger partial charge in [-0.1, -0.05) is 0 Å². The molecule has 8 heteroatoms. The number of nitrogen functional groups attached to an aromatic ring is 1. The molecule has 1 aromatic heterocycles. The fourth-order valence-electron chi connectivity index (χ4n) is 0.771. The van der Waals surface area contributed by atoms with Crippen LogP contribution in [0.15, 0.2) is 12.3 Å². The van der Waals surface area contributed by atoms with Crippen LogP contribution >= 0.6 is 0 Å². The van der Waals surface area contributed by atoms with Gasteiger partial charge in [0.25, 0.3) is 0 Å². The number of nitro groups is 1. The predicted octanol–water partition coefficient (Wildman–Crippen LogP) is 1.59. The normalized spacial score (nSPS) is 11.4. The maximum Gasteiger partial charge on any atom is 0.433 e. The fraction of sp³-hybridized carbons (Fsp3) is 0.167. The van der Waals surface area contributed by atoms with Gasteiger partial charge in [-0.25, -0.2) is 4.98 Å². The maximum absolute atomic E-state index is 12.0. The molecule has 0 atom stereocenters. The van der Waals surface area contributed by atoms with Gasteiger partial charge in [0.15, 0.2) is 0 Å². The maximum atomic E-state index is 12.0. The van der Waals surface area contributed by atoms with Crippen LogP contribution in [0.5, 0.6) is 0 Å². The molecule has 0 aliphatic rings. The van der Waals surface area contributed by atoms with Crippen LogP contribution in [-0.4, -0.2) is 9.91 Å². The minimum atomic E-state index is -4.65. The lowest BCUT2D eigenvalue weighted by Crippen LogP contribution is -2.09. The van der Waals surface area contributed by atoms with Crippen LogP contribution < -0.4 is 5.73 Å². The highest BCUT2D eigenvalue weighted by Crippen LogP contribution is 2.31. The molecule has 76 valence electrons. The Morgan fingerprint density at radius 1 is 1.50 bits per heavy atom. The van der Waals surface area contributed by atoms with E-state index in [0.29, 0.717) is 12.3 Å². The Morgan fingerprint density at radius 2 is 2.07 bits per heavy atom. The Balaban J connectivity index is 3.20. The number of nitrogens with two attached hydrogens (primary N) is 1. The van der Waals surface area contributed by atoms with E-state index in [0.717, 1.165) is 0 Å². The molecular formula is C6H4F3N3O2. The van der Waals surface area contributed by atoms with Gasteiger partial charge in [0.05, 0.1) is 4.92 Å². The van der Waals surface area contributed by atoms with Gasteiger partial charge in [0.2, 0.25) is 0 Å². The fourth-order valence-corrected chi connectivity index (χ4v) is 0.771. The van der Waals surface area contributed by atoms with E-state index >= 15 is 0 Å². The number of halogens is 3. The summed E-state index contributed by atoms with van der Waals surface area (Å²) in [5.41, 5.74) is 2.59. The van der Waals surface area contributed by atoms with E-state index in [9.17, 15) is 23.3 Å². The van der Waals surface area contributed by atoms with Crippen molar-refractivity contribution in [1.29, 1.82) is 0 Å². The van der Waals surface area contributed by atoms with Crippen molar-refractivity contribution in [2.24, 2.45) is 0 Å². The molecule has 0 aliphatic heterocycles. The molecule has 0 amide bonds. The average Bonchev–Trinajstić information content (AvgIpc) is 2.01. The number of hydrogen-bond donors (Lipinski definition) is 1. The van der Waals surface area contributed by atoms with Crippen molar-refractivity contribution in [3.05, 3.63) is 28.1 Å². The van der Waals surface area contributed by atoms with E-state index in [1.807, 2.05) is 0 Å². The quantitative estimate of drug-likeness (QED) is 0.559. The van der Waals surface area contributed by atoms with Crippen LogP contribution in [0.25, 0.3) is 0 Å². The van der Waals surface area contributed by atoms with E-state index < -0.39 is 28.2 Å². The second kappa shape index (κ2) is 3.13. The van der Waals surface area contributed by atoms with Crippen LogP contribution in [0.2, 0.25) is 0 Å². The first-order valence-electron chi connectivity index (χ1n) is 3.29. The minimum absolute atomic E-state index is 0.429. The molecule has 0 aliphatic carbocycles. The lowest BCUT2D eigenvalue weighted by atomic mass is 10.3. The molecule has 0 saturated heterocycles. The molecule has 0 spiro atoms. The Kier molecular flexibility index (Phi) is 2.28. The third kappa shape index (κ3) is 1.90. The lowest BCUT2D eigenvalue weighted by molar-refractivity contribution is -0.384. The van der Waals surface area contributed by atoms with Gasteiger partial charge in [-0.15, -0.1) is 0 Å². The summed E-state index contributed by atoms with van der Waals surface area (Å²) in [6, 6.07) is 0.429. The first-order valence-corrected chi connectivity index (χ1v) is 3.29. The van der Waals surface area contributed by atoms with E-state index in [2.05, 4.69) is 4.98 Å². The molecule has 0 saturated carbocycles. The van der Waals surface area contributed by atoms with Crippen LogP contribution in [0, 0.1) is 10.1 Å². The van der Waals surface area contributed by atoms with Gasteiger partial charge in [-0.2, -0.15) is 13.2 Å². The van der Waals surface area contributed by atoms with Crippen molar-refractivity contribution in [2.45, 2.75) is 6.18 Å². The van der Waals surface area contributed by atoms with Crippen molar-refractivity contribution < 1.29 is 18.1 Å². The van der Waals surface area contributed by atoms with E-state index in [4.69, 9.17) is 5.73 Å². The van der Waals surface area contributed by atoms with E-state index in [-0.39, 0.29) is 0 Å². The molecule has 1 rings (SSSR count). The second-order valence-corrected chi connectivity index (χ2v) is 2.38. The highest BCUT2D eigenvalue weighted by Gasteiger charge is 2.33. The van der Waals surface area contributed by atoms with E-state index in [1.54, 1.807) is 0 Å². The first-order chi connectivity index (χ1) is 6.32. The summed E-state index contributed by atoms with van der Waals surface area (Å²) in [5, 5.41) is 10.2. The van der Waals surface area contributed by atoms with Crippen molar-refractivity contribution in [2.75, 3.05) is 5.73 Å². The zero-order valence-corrected chi connectivity index (χ0v) is 6.58. The molecule has 0 radical (unpaired) electrons. The topological polar surface area (TPSA) is 82.0 Å². The van der Waals surface area contributed by atoms with Crippen LogP contribution in [0.4, 0.5) is 24.5 Å². The number of pyridine rings is 1. The van der Waals surface area contributed by atoms with Gasteiger partial charge in [-0.05, 0) is 6.07 Å². The van der Waals surface area contributed by atoms with Crippen molar-refractivity contribution >= 4 is 11.4 Å². The number of anilines is 1. The van der Waals surface area contributed by atoms with Gasteiger partial charge in [0, 0.05) is 0 Å². The lowest BCUT2D eigenvalue weighted by Gasteiger charge is -2.05. The number of nitrogens with zero attached hydrogens (tertiary/aromatic N) is 2. The minimum Gasteiger partial charge on any atom is -0.393 e. The molecule has 1 heterocycles. The van der Waals surface area contributed by atoms with Gasteiger partial charge >= 0.3 is 11.9 Å². The van der Waals surface area contributed by atoms with Gasteiger partial charge in [-0.3, -0.25) is 10.1 Å². The molecular weight excluding hydrogens is 203 g/mol. The largest absolute Gasteiger partial charge is 0.433 e. The smallest absolute Gasteiger partial charge is 0.393 e. The number of alkyl halides is 3. The highest BCUT2D eigenvalue weighted by molar-refractivity contribution is 5.57. The Morgan fingerprint density at radius 3 is 2.43 bits per heavy atom. The van der Waals surface area contributed by atoms with Crippen LogP contribution in [0.3, 0.4) is 0 Å².